The number of hydrogen-bond acceptors (Lipinski definition) is 0. The van der Waals surface area contributed by atoms with Crippen LogP contribution in [0.3, 0.4) is 0 Å². The van der Waals surface area contributed by atoms with Crippen molar-refractivity contribution in [3.63, 3.8) is 0 Å². The highest BCUT2D eigenvalue weighted by Gasteiger charge is 2.21. The van der Waals surface area contributed by atoms with Crippen molar-refractivity contribution in [3.8, 4) is 0 Å². The highest BCUT2D eigenvalue weighted by molar-refractivity contribution is 6.90. The third-order valence-corrected chi connectivity index (χ3v) is 6.74. The lowest BCUT2D eigenvalue weighted by Crippen LogP contribution is -2.38. The highest BCUT2D eigenvalue weighted by atomic mass is 28.3. The molecule has 0 atom stereocenters. The molecule has 1 heteroatoms. The van der Waals surface area contributed by atoms with E-state index < -0.39 is 8.07 Å². The lowest BCUT2D eigenvalue weighted by atomic mass is 9.92. The van der Waals surface area contributed by atoms with Gasteiger partial charge in [-0.25, -0.2) is 0 Å². The van der Waals surface area contributed by atoms with E-state index >= 15 is 0 Å². The molecule has 0 amide bonds. The van der Waals surface area contributed by atoms with Crippen molar-refractivity contribution in [3.05, 3.63) is 54.1 Å². The van der Waals surface area contributed by atoms with Crippen molar-refractivity contribution >= 4 is 45.6 Å². The van der Waals surface area contributed by atoms with Gasteiger partial charge in [-0.15, -0.1) is 0 Å². The molecule has 0 aromatic heterocycles. The molecule has 0 saturated carbocycles. The second-order valence-corrected chi connectivity index (χ2v) is 12.2. The Bertz CT molecular complexity index is 974. The molecule has 0 aliphatic heterocycles. The maximum Gasteiger partial charge on any atom is 0.0784 e. The Kier molecular flexibility index (Phi) is 2.49. The minimum Gasteiger partial charge on any atom is -0.0656 e. The fraction of sp³-hybridized carbons (Fsp3) is 0.200. The zero-order valence-electron chi connectivity index (χ0n) is 13.1. The Labute approximate surface area is 126 Å². The minimum atomic E-state index is -1.34. The van der Waals surface area contributed by atoms with E-state index in [2.05, 4.69) is 75.1 Å². The van der Waals surface area contributed by atoms with E-state index in [1.54, 1.807) is 5.19 Å². The summed E-state index contributed by atoms with van der Waals surface area (Å²) >= 11 is 0. The fourth-order valence-corrected chi connectivity index (χ4v) is 5.20. The van der Waals surface area contributed by atoms with Gasteiger partial charge in [0.05, 0.1) is 8.07 Å². The van der Waals surface area contributed by atoms with Crippen molar-refractivity contribution in [2.24, 2.45) is 0 Å². The summed E-state index contributed by atoms with van der Waals surface area (Å²) in [5.74, 6) is 0. The molecule has 0 bridgehead atoms. The van der Waals surface area contributed by atoms with Crippen LogP contribution < -0.4 is 5.19 Å². The second kappa shape index (κ2) is 4.08. The smallest absolute Gasteiger partial charge is 0.0656 e. The molecular formula is C20H20Si. The first-order valence-corrected chi connectivity index (χ1v) is 11.1. The predicted molar refractivity (Wildman–Crippen MR) is 97.9 cm³/mol. The molecule has 0 radical (unpaired) electrons. The zero-order valence-corrected chi connectivity index (χ0v) is 14.1. The molecule has 0 saturated heterocycles. The molecule has 0 N–H and O–H groups in total. The van der Waals surface area contributed by atoms with Crippen molar-refractivity contribution in [2.75, 3.05) is 0 Å². The lowest BCUT2D eigenvalue weighted by Gasteiger charge is -2.22. The van der Waals surface area contributed by atoms with Gasteiger partial charge in [0, 0.05) is 0 Å². The number of benzene rings is 4. The third kappa shape index (κ3) is 1.74. The van der Waals surface area contributed by atoms with Crippen LogP contribution >= 0.6 is 0 Å². The topological polar surface area (TPSA) is 0 Å². The van der Waals surface area contributed by atoms with E-state index in [0.29, 0.717) is 0 Å². The number of rotatable bonds is 1. The van der Waals surface area contributed by atoms with E-state index in [0.717, 1.165) is 0 Å². The van der Waals surface area contributed by atoms with Crippen LogP contribution in [0.5, 0.6) is 0 Å². The van der Waals surface area contributed by atoms with E-state index in [1.165, 1.54) is 37.9 Å². The summed E-state index contributed by atoms with van der Waals surface area (Å²) in [4.78, 5) is 0. The Morgan fingerprint density at radius 2 is 1.14 bits per heavy atom. The summed E-state index contributed by atoms with van der Waals surface area (Å²) in [6.07, 6.45) is 0. The molecule has 104 valence electrons. The molecular weight excluding hydrogens is 268 g/mol. The van der Waals surface area contributed by atoms with Crippen molar-refractivity contribution < 1.29 is 0 Å². The molecule has 0 unspecified atom stereocenters. The van der Waals surface area contributed by atoms with Crippen LogP contribution in [0.2, 0.25) is 19.6 Å². The summed E-state index contributed by atoms with van der Waals surface area (Å²) in [7, 11) is -1.34. The van der Waals surface area contributed by atoms with Gasteiger partial charge in [-0.1, -0.05) is 73.4 Å². The van der Waals surface area contributed by atoms with Gasteiger partial charge in [-0.05, 0) is 44.8 Å². The molecule has 0 aliphatic rings. The molecule has 21 heavy (non-hydrogen) atoms. The molecule has 0 fully saturated rings. The summed E-state index contributed by atoms with van der Waals surface area (Å²) in [6, 6.07) is 18.4. The molecule has 4 aromatic rings. The molecule has 4 rings (SSSR count). The Morgan fingerprint density at radius 1 is 0.619 bits per heavy atom. The standard InChI is InChI=1S/C20H20Si/c1-13-5-6-14-8-11-17-18(21(2,3)4)12-9-15-7-10-16(13)19(14)20(15)17/h5-12H,1-4H3. The quantitative estimate of drug-likeness (QED) is 0.323. The van der Waals surface area contributed by atoms with Crippen LogP contribution in [-0.2, 0) is 0 Å². The monoisotopic (exact) mass is 288 g/mol. The van der Waals surface area contributed by atoms with Crippen molar-refractivity contribution in [2.45, 2.75) is 26.6 Å². The normalized spacial score (nSPS) is 12.8. The Balaban J connectivity index is 2.33. The predicted octanol–water partition coefficient (Wildman–Crippen LogP) is 5.44. The zero-order chi connectivity index (χ0) is 14.8. The van der Waals surface area contributed by atoms with E-state index in [9.17, 15) is 0 Å². The molecule has 0 spiro atoms. The van der Waals surface area contributed by atoms with Gasteiger partial charge >= 0.3 is 0 Å². The summed E-state index contributed by atoms with van der Waals surface area (Å²) in [5, 5.41) is 10.1. The van der Waals surface area contributed by atoms with E-state index in [4.69, 9.17) is 0 Å². The average molecular weight is 288 g/mol. The molecule has 4 aromatic carbocycles. The van der Waals surface area contributed by atoms with Gasteiger partial charge in [0.2, 0.25) is 0 Å². The summed E-state index contributed by atoms with van der Waals surface area (Å²) in [5.41, 5.74) is 1.37. The fourth-order valence-electron chi connectivity index (χ4n) is 3.60. The van der Waals surface area contributed by atoms with Crippen LogP contribution in [0.1, 0.15) is 5.56 Å². The van der Waals surface area contributed by atoms with Crippen LogP contribution in [0.4, 0.5) is 0 Å². The first kappa shape index (κ1) is 12.8. The first-order valence-electron chi connectivity index (χ1n) is 7.64. The minimum absolute atomic E-state index is 1.34. The number of hydrogen-bond donors (Lipinski definition) is 0. The maximum atomic E-state index is 2.43. The van der Waals surface area contributed by atoms with Gasteiger partial charge in [0.15, 0.2) is 0 Å². The van der Waals surface area contributed by atoms with Crippen LogP contribution in [-0.4, -0.2) is 8.07 Å². The average Bonchev–Trinajstić information content (AvgIpc) is 2.45. The van der Waals surface area contributed by atoms with Gasteiger partial charge in [0.25, 0.3) is 0 Å². The lowest BCUT2D eigenvalue weighted by molar-refractivity contribution is 1.55. The van der Waals surface area contributed by atoms with Gasteiger partial charge < -0.3 is 0 Å². The first-order chi connectivity index (χ1) is 9.97. The van der Waals surface area contributed by atoms with Crippen molar-refractivity contribution in [1.82, 2.24) is 0 Å². The molecule has 0 heterocycles. The molecule has 0 aliphatic carbocycles. The Hall–Kier alpha value is -1.86. The van der Waals surface area contributed by atoms with Crippen LogP contribution in [0.15, 0.2) is 48.5 Å². The van der Waals surface area contributed by atoms with E-state index in [-0.39, 0.29) is 0 Å². The number of aryl methyl sites for hydroxylation is 1. The van der Waals surface area contributed by atoms with Gasteiger partial charge in [0.1, 0.15) is 0 Å². The third-order valence-electron chi connectivity index (χ3n) is 4.69. The van der Waals surface area contributed by atoms with Gasteiger partial charge in [-0.2, -0.15) is 0 Å². The highest BCUT2D eigenvalue weighted by Crippen LogP contribution is 2.35. The maximum absolute atomic E-state index is 2.43. The second-order valence-electron chi connectivity index (χ2n) is 7.17. The van der Waals surface area contributed by atoms with Crippen LogP contribution in [0, 0.1) is 6.92 Å². The SMILES string of the molecule is Cc1ccc2ccc3c([Si](C)(C)C)ccc4ccc1c2c43. The van der Waals surface area contributed by atoms with Crippen molar-refractivity contribution in [1.29, 1.82) is 0 Å². The summed E-state index contributed by atoms with van der Waals surface area (Å²) < 4.78 is 0. The van der Waals surface area contributed by atoms with Gasteiger partial charge in [-0.3, -0.25) is 0 Å². The largest absolute Gasteiger partial charge is 0.0784 e. The Morgan fingerprint density at radius 3 is 1.81 bits per heavy atom. The van der Waals surface area contributed by atoms with E-state index in [1.807, 2.05) is 0 Å². The summed E-state index contributed by atoms with van der Waals surface area (Å²) in [6.45, 7) is 9.52. The van der Waals surface area contributed by atoms with Crippen LogP contribution in [0.25, 0.3) is 32.3 Å². The molecule has 0 nitrogen and oxygen atoms in total.